The molecule has 2 heterocycles. The van der Waals surface area contributed by atoms with Gasteiger partial charge < -0.3 is 0 Å². The summed E-state index contributed by atoms with van der Waals surface area (Å²) < 4.78 is 1.74. The minimum atomic E-state index is 0.641. The Bertz CT molecular complexity index is 393. The fraction of sp³-hybridized carbons (Fsp3) is 0.143. The second-order valence-corrected chi connectivity index (χ2v) is 2.73. The van der Waals surface area contributed by atoms with E-state index in [0.29, 0.717) is 5.02 Å². The van der Waals surface area contributed by atoms with Crippen LogP contribution in [0.4, 0.5) is 0 Å². The van der Waals surface area contributed by atoms with Crippen LogP contribution < -0.4 is 0 Å². The fourth-order valence-electron chi connectivity index (χ4n) is 1.09. The molecule has 0 radical (unpaired) electrons. The van der Waals surface area contributed by atoms with E-state index in [-0.39, 0.29) is 0 Å². The van der Waals surface area contributed by atoms with E-state index in [9.17, 15) is 0 Å². The van der Waals surface area contributed by atoms with Crippen molar-refractivity contribution >= 4 is 22.5 Å². The van der Waals surface area contributed by atoms with Gasteiger partial charge in [-0.15, -0.1) is 0 Å². The Morgan fingerprint density at radius 3 is 2.91 bits per heavy atom. The van der Waals surface area contributed by atoms with Gasteiger partial charge in [0, 0.05) is 24.8 Å². The molecule has 0 saturated carbocycles. The molecule has 4 heteroatoms. The van der Waals surface area contributed by atoms with Gasteiger partial charge in [0.05, 0.1) is 16.7 Å². The van der Waals surface area contributed by atoms with E-state index in [1.807, 2.05) is 7.05 Å². The summed E-state index contributed by atoms with van der Waals surface area (Å²) in [5.74, 6) is 0. The van der Waals surface area contributed by atoms with E-state index in [4.69, 9.17) is 11.6 Å². The highest BCUT2D eigenvalue weighted by Crippen LogP contribution is 2.19. The quantitative estimate of drug-likeness (QED) is 0.597. The van der Waals surface area contributed by atoms with E-state index in [1.54, 1.807) is 23.3 Å². The molecular weight excluding hydrogens is 162 g/mol. The highest BCUT2D eigenvalue weighted by molar-refractivity contribution is 6.34. The third kappa shape index (κ3) is 0.886. The summed E-state index contributed by atoms with van der Waals surface area (Å²) >= 11 is 5.88. The van der Waals surface area contributed by atoms with E-state index < -0.39 is 0 Å². The molecule has 0 unspecified atom stereocenters. The van der Waals surface area contributed by atoms with Gasteiger partial charge in [-0.25, -0.2) is 0 Å². The molecule has 2 rings (SSSR count). The number of hydrogen-bond donors (Lipinski definition) is 0. The number of aromatic nitrogens is 3. The van der Waals surface area contributed by atoms with Crippen LogP contribution in [0.5, 0.6) is 0 Å². The third-order valence-corrected chi connectivity index (χ3v) is 1.87. The van der Waals surface area contributed by atoms with Gasteiger partial charge in [0.15, 0.2) is 0 Å². The SMILES string of the molecule is Cn1ncc2cncc(Cl)c21. The first kappa shape index (κ1) is 6.61. The molecule has 0 fully saturated rings. The first-order valence-electron chi connectivity index (χ1n) is 3.20. The molecule has 0 amide bonds. The number of fused-ring (bicyclic) bond motifs is 1. The monoisotopic (exact) mass is 167 g/mol. The highest BCUT2D eigenvalue weighted by atomic mass is 35.5. The van der Waals surface area contributed by atoms with Gasteiger partial charge in [0.25, 0.3) is 0 Å². The molecule has 3 nitrogen and oxygen atoms in total. The number of hydrogen-bond acceptors (Lipinski definition) is 2. The number of aryl methyl sites for hydroxylation is 1. The molecule has 2 aromatic rings. The number of rotatable bonds is 0. The Morgan fingerprint density at radius 2 is 2.18 bits per heavy atom. The molecule has 0 aliphatic carbocycles. The van der Waals surface area contributed by atoms with Crippen molar-refractivity contribution in [3.05, 3.63) is 23.6 Å². The van der Waals surface area contributed by atoms with Crippen LogP contribution >= 0.6 is 11.6 Å². The van der Waals surface area contributed by atoms with Crippen molar-refractivity contribution in [2.45, 2.75) is 0 Å². The standard InChI is InChI=1S/C7H6ClN3/c1-11-7-5(3-10-11)2-9-4-6(7)8/h2-4H,1H3. The first-order valence-corrected chi connectivity index (χ1v) is 3.58. The van der Waals surface area contributed by atoms with E-state index >= 15 is 0 Å². The topological polar surface area (TPSA) is 30.7 Å². The minimum absolute atomic E-state index is 0.641. The molecule has 2 aromatic heterocycles. The van der Waals surface area contributed by atoms with Crippen LogP contribution in [0.15, 0.2) is 18.6 Å². The van der Waals surface area contributed by atoms with Gasteiger partial charge in [-0.3, -0.25) is 9.67 Å². The molecular formula is C7H6ClN3. The summed E-state index contributed by atoms with van der Waals surface area (Å²) in [6.45, 7) is 0. The van der Waals surface area contributed by atoms with Crippen molar-refractivity contribution in [2.24, 2.45) is 7.05 Å². The summed E-state index contributed by atoms with van der Waals surface area (Å²) in [5, 5.41) is 5.66. The molecule has 0 N–H and O–H groups in total. The number of halogens is 1. The molecule has 11 heavy (non-hydrogen) atoms. The lowest BCUT2D eigenvalue weighted by Crippen LogP contribution is -1.89. The van der Waals surface area contributed by atoms with Crippen molar-refractivity contribution < 1.29 is 0 Å². The Kier molecular flexibility index (Phi) is 1.32. The largest absolute Gasteiger partial charge is 0.266 e. The summed E-state index contributed by atoms with van der Waals surface area (Å²) in [6.07, 6.45) is 5.11. The maximum Gasteiger partial charge on any atom is 0.0896 e. The highest BCUT2D eigenvalue weighted by Gasteiger charge is 2.02. The van der Waals surface area contributed by atoms with Crippen LogP contribution in [-0.2, 0) is 7.05 Å². The summed E-state index contributed by atoms with van der Waals surface area (Å²) in [6, 6.07) is 0. The predicted molar refractivity (Wildman–Crippen MR) is 43.5 cm³/mol. The zero-order valence-electron chi connectivity index (χ0n) is 5.95. The summed E-state index contributed by atoms with van der Waals surface area (Å²) in [7, 11) is 1.86. The lowest BCUT2D eigenvalue weighted by molar-refractivity contribution is 0.797. The first-order chi connectivity index (χ1) is 5.29. The molecule has 0 aromatic carbocycles. The molecule has 0 aliphatic heterocycles. The molecule has 0 bridgehead atoms. The summed E-state index contributed by atoms with van der Waals surface area (Å²) in [5.41, 5.74) is 0.932. The van der Waals surface area contributed by atoms with Crippen molar-refractivity contribution in [3.63, 3.8) is 0 Å². The second-order valence-electron chi connectivity index (χ2n) is 2.33. The van der Waals surface area contributed by atoms with Crippen LogP contribution in [0.25, 0.3) is 10.9 Å². The molecule has 56 valence electrons. The normalized spacial score (nSPS) is 10.7. The smallest absolute Gasteiger partial charge is 0.0896 e. The lowest BCUT2D eigenvalue weighted by atomic mass is 10.3. The van der Waals surface area contributed by atoms with Crippen LogP contribution in [0.1, 0.15) is 0 Å². The molecule has 0 saturated heterocycles. The van der Waals surface area contributed by atoms with E-state index in [2.05, 4.69) is 10.1 Å². The van der Waals surface area contributed by atoms with Crippen molar-refractivity contribution in [2.75, 3.05) is 0 Å². The van der Waals surface area contributed by atoms with Crippen LogP contribution in [0.3, 0.4) is 0 Å². The number of pyridine rings is 1. The lowest BCUT2D eigenvalue weighted by Gasteiger charge is -1.94. The Morgan fingerprint density at radius 1 is 1.36 bits per heavy atom. The zero-order valence-corrected chi connectivity index (χ0v) is 6.71. The summed E-state index contributed by atoms with van der Waals surface area (Å²) in [4.78, 5) is 3.94. The Hall–Kier alpha value is -1.09. The van der Waals surface area contributed by atoms with Gasteiger partial charge in [-0.05, 0) is 0 Å². The fourth-order valence-corrected chi connectivity index (χ4v) is 1.37. The van der Waals surface area contributed by atoms with Crippen LogP contribution in [0, 0.1) is 0 Å². The average molecular weight is 168 g/mol. The molecule has 0 aliphatic rings. The molecule has 0 atom stereocenters. The van der Waals surface area contributed by atoms with Gasteiger partial charge in [0.1, 0.15) is 0 Å². The maximum atomic E-state index is 5.88. The zero-order chi connectivity index (χ0) is 7.84. The Labute approximate surface area is 68.6 Å². The van der Waals surface area contributed by atoms with Crippen LogP contribution in [-0.4, -0.2) is 14.8 Å². The second kappa shape index (κ2) is 2.20. The van der Waals surface area contributed by atoms with Gasteiger partial charge in [0.2, 0.25) is 0 Å². The van der Waals surface area contributed by atoms with Gasteiger partial charge in [-0.2, -0.15) is 5.10 Å². The predicted octanol–water partition coefficient (Wildman–Crippen LogP) is 1.62. The van der Waals surface area contributed by atoms with Gasteiger partial charge in [-0.1, -0.05) is 11.6 Å². The van der Waals surface area contributed by atoms with E-state index in [1.165, 1.54) is 0 Å². The average Bonchev–Trinajstić information content (AvgIpc) is 2.34. The Balaban J connectivity index is 2.96. The number of nitrogens with zero attached hydrogens (tertiary/aromatic N) is 3. The maximum absolute atomic E-state index is 5.88. The van der Waals surface area contributed by atoms with Gasteiger partial charge >= 0.3 is 0 Å². The van der Waals surface area contributed by atoms with Crippen molar-refractivity contribution in [1.29, 1.82) is 0 Å². The third-order valence-electron chi connectivity index (χ3n) is 1.59. The van der Waals surface area contributed by atoms with Crippen LogP contribution in [0.2, 0.25) is 5.02 Å². The van der Waals surface area contributed by atoms with Crippen molar-refractivity contribution in [3.8, 4) is 0 Å². The molecule has 0 spiro atoms. The van der Waals surface area contributed by atoms with E-state index in [0.717, 1.165) is 10.9 Å². The van der Waals surface area contributed by atoms with Crippen molar-refractivity contribution in [1.82, 2.24) is 14.8 Å². The minimum Gasteiger partial charge on any atom is -0.266 e.